The van der Waals surface area contributed by atoms with E-state index in [1.807, 2.05) is 0 Å². The van der Waals surface area contributed by atoms with Gasteiger partial charge in [0.1, 0.15) is 9.84 Å². The lowest BCUT2D eigenvalue weighted by atomic mass is 9.99. The topological polar surface area (TPSA) is 74.6 Å². The fourth-order valence-corrected chi connectivity index (χ4v) is 2.84. The summed E-state index contributed by atoms with van der Waals surface area (Å²) in [5.41, 5.74) is 0. The molecule has 5 heteroatoms. The summed E-state index contributed by atoms with van der Waals surface area (Å²) >= 11 is 0. The van der Waals surface area contributed by atoms with Crippen molar-refractivity contribution in [2.24, 2.45) is 5.92 Å². The monoisotopic (exact) mass is 194 g/mol. The Morgan fingerprint density at radius 2 is 1.83 bits per heavy atom. The standard InChI is InChI=1S/C7H14O4S/c8-5-6-1-3-12(10,11)4-2-7(6)9/h6-9H,1-5H2/t6-,7-/m1/s1. The van der Waals surface area contributed by atoms with Gasteiger partial charge in [-0.25, -0.2) is 8.42 Å². The van der Waals surface area contributed by atoms with Gasteiger partial charge in [0, 0.05) is 12.5 Å². The van der Waals surface area contributed by atoms with Crippen LogP contribution < -0.4 is 0 Å². The van der Waals surface area contributed by atoms with Gasteiger partial charge in [-0.3, -0.25) is 0 Å². The zero-order valence-corrected chi connectivity index (χ0v) is 7.63. The number of sulfone groups is 1. The third-order valence-electron chi connectivity index (χ3n) is 2.30. The molecular formula is C7H14O4S. The second-order valence-corrected chi connectivity index (χ2v) is 5.54. The second-order valence-electron chi connectivity index (χ2n) is 3.24. The van der Waals surface area contributed by atoms with Crippen molar-refractivity contribution < 1.29 is 18.6 Å². The van der Waals surface area contributed by atoms with Crippen molar-refractivity contribution in [2.45, 2.75) is 18.9 Å². The Bertz CT molecular complexity index is 234. The highest BCUT2D eigenvalue weighted by Gasteiger charge is 2.27. The van der Waals surface area contributed by atoms with Crippen LogP contribution in [0.3, 0.4) is 0 Å². The Balaban J connectivity index is 2.65. The molecule has 1 saturated heterocycles. The first-order valence-corrected chi connectivity index (χ1v) is 5.86. The van der Waals surface area contributed by atoms with Crippen molar-refractivity contribution in [3.8, 4) is 0 Å². The highest BCUT2D eigenvalue weighted by molar-refractivity contribution is 7.91. The smallest absolute Gasteiger partial charge is 0.150 e. The molecule has 1 heterocycles. The Labute approximate surface area is 72.1 Å². The van der Waals surface area contributed by atoms with Gasteiger partial charge in [-0.05, 0) is 12.8 Å². The third kappa shape index (κ3) is 2.43. The van der Waals surface area contributed by atoms with Crippen LogP contribution in [0.5, 0.6) is 0 Å². The molecule has 0 unspecified atom stereocenters. The highest BCUT2D eigenvalue weighted by Crippen LogP contribution is 2.18. The number of aliphatic hydroxyl groups is 2. The summed E-state index contributed by atoms with van der Waals surface area (Å²) in [5.74, 6) is -0.123. The summed E-state index contributed by atoms with van der Waals surface area (Å²) in [5, 5.41) is 18.2. The zero-order chi connectivity index (χ0) is 9.19. The number of rotatable bonds is 1. The van der Waals surface area contributed by atoms with Crippen LogP contribution in [-0.4, -0.2) is 42.8 Å². The van der Waals surface area contributed by atoms with Crippen molar-refractivity contribution >= 4 is 9.84 Å². The van der Waals surface area contributed by atoms with Gasteiger partial charge in [0.2, 0.25) is 0 Å². The molecule has 2 N–H and O–H groups in total. The van der Waals surface area contributed by atoms with Crippen molar-refractivity contribution in [1.82, 2.24) is 0 Å². The lowest BCUT2D eigenvalue weighted by Crippen LogP contribution is -2.23. The van der Waals surface area contributed by atoms with Gasteiger partial charge in [0.25, 0.3) is 0 Å². The van der Waals surface area contributed by atoms with E-state index in [4.69, 9.17) is 5.11 Å². The van der Waals surface area contributed by atoms with E-state index in [0.717, 1.165) is 0 Å². The molecule has 0 spiro atoms. The van der Waals surface area contributed by atoms with Crippen molar-refractivity contribution in [2.75, 3.05) is 18.1 Å². The average molecular weight is 194 g/mol. The fourth-order valence-electron chi connectivity index (χ4n) is 1.37. The average Bonchev–Trinajstić information content (AvgIpc) is 2.13. The van der Waals surface area contributed by atoms with Crippen LogP contribution in [0.2, 0.25) is 0 Å². The van der Waals surface area contributed by atoms with E-state index < -0.39 is 15.9 Å². The molecule has 1 aliphatic heterocycles. The van der Waals surface area contributed by atoms with Gasteiger partial charge >= 0.3 is 0 Å². The molecule has 0 amide bonds. The summed E-state index contributed by atoms with van der Waals surface area (Å²) in [7, 11) is -2.97. The van der Waals surface area contributed by atoms with Gasteiger partial charge < -0.3 is 10.2 Å². The Kier molecular flexibility index (Phi) is 3.09. The summed E-state index contributed by atoms with van der Waals surface area (Å²) in [6.45, 7) is -0.128. The van der Waals surface area contributed by atoms with Crippen LogP contribution in [0.25, 0.3) is 0 Å². The molecule has 0 aromatic carbocycles. The number of hydrogen-bond donors (Lipinski definition) is 2. The molecule has 0 saturated carbocycles. The van der Waals surface area contributed by atoms with Crippen LogP contribution in [0, 0.1) is 5.92 Å². The molecule has 2 atom stereocenters. The molecule has 0 aliphatic carbocycles. The largest absolute Gasteiger partial charge is 0.396 e. The predicted molar refractivity (Wildman–Crippen MR) is 44.5 cm³/mol. The summed E-state index contributed by atoms with van der Waals surface area (Å²) in [6, 6.07) is 0. The molecule has 72 valence electrons. The minimum atomic E-state index is -2.97. The molecular weight excluding hydrogens is 180 g/mol. The van der Waals surface area contributed by atoms with E-state index in [1.165, 1.54) is 0 Å². The van der Waals surface area contributed by atoms with Gasteiger partial charge in [-0.1, -0.05) is 0 Å². The minimum absolute atomic E-state index is 0.0463. The molecule has 12 heavy (non-hydrogen) atoms. The zero-order valence-electron chi connectivity index (χ0n) is 6.81. The summed E-state index contributed by atoms with van der Waals surface area (Å²) < 4.78 is 22.2. The number of hydrogen-bond acceptors (Lipinski definition) is 4. The molecule has 0 aromatic heterocycles. The van der Waals surface area contributed by atoms with Gasteiger partial charge in [0.15, 0.2) is 0 Å². The van der Waals surface area contributed by atoms with Crippen LogP contribution in [-0.2, 0) is 9.84 Å². The van der Waals surface area contributed by atoms with Crippen LogP contribution >= 0.6 is 0 Å². The molecule has 1 aliphatic rings. The van der Waals surface area contributed by atoms with E-state index >= 15 is 0 Å². The molecule has 4 nitrogen and oxygen atoms in total. The number of aliphatic hydroxyl groups excluding tert-OH is 2. The first-order chi connectivity index (χ1) is 5.55. The van der Waals surface area contributed by atoms with Crippen LogP contribution in [0.15, 0.2) is 0 Å². The Morgan fingerprint density at radius 3 is 2.42 bits per heavy atom. The summed E-state index contributed by atoms with van der Waals surface area (Å²) in [6.07, 6.45) is -0.0274. The second kappa shape index (κ2) is 3.72. The molecule has 0 aromatic rings. The molecule has 1 rings (SSSR count). The van der Waals surface area contributed by atoms with Crippen LogP contribution in [0.4, 0.5) is 0 Å². The SMILES string of the molecule is O=S1(=O)CC[C@H](CO)[C@H](O)CC1. The van der Waals surface area contributed by atoms with E-state index in [1.54, 1.807) is 0 Å². The quantitative estimate of drug-likeness (QED) is 0.571. The predicted octanol–water partition coefficient (Wildman–Crippen LogP) is -0.836. The maximum atomic E-state index is 11.1. The molecule has 0 radical (unpaired) electrons. The maximum absolute atomic E-state index is 11.1. The molecule has 0 bridgehead atoms. The van der Waals surface area contributed by atoms with Gasteiger partial charge in [-0.15, -0.1) is 0 Å². The minimum Gasteiger partial charge on any atom is -0.396 e. The highest BCUT2D eigenvalue weighted by atomic mass is 32.2. The first-order valence-electron chi connectivity index (χ1n) is 4.04. The van der Waals surface area contributed by atoms with E-state index in [2.05, 4.69) is 0 Å². The normalized spacial score (nSPS) is 35.8. The maximum Gasteiger partial charge on any atom is 0.150 e. The lowest BCUT2D eigenvalue weighted by molar-refractivity contribution is 0.0656. The fraction of sp³-hybridized carbons (Fsp3) is 1.00. The Hall–Kier alpha value is -0.130. The van der Waals surface area contributed by atoms with Gasteiger partial charge in [-0.2, -0.15) is 0 Å². The van der Waals surface area contributed by atoms with Crippen molar-refractivity contribution in [1.29, 1.82) is 0 Å². The van der Waals surface area contributed by atoms with Crippen molar-refractivity contribution in [3.05, 3.63) is 0 Å². The van der Waals surface area contributed by atoms with E-state index in [9.17, 15) is 13.5 Å². The van der Waals surface area contributed by atoms with Crippen molar-refractivity contribution in [3.63, 3.8) is 0 Å². The van der Waals surface area contributed by atoms with E-state index in [0.29, 0.717) is 6.42 Å². The third-order valence-corrected chi connectivity index (χ3v) is 4.02. The van der Waals surface area contributed by atoms with Gasteiger partial charge in [0.05, 0.1) is 17.6 Å². The Morgan fingerprint density at radius 1 is 1.25 bits per heavy atom. The van der Waals surface area contributed by atoms with E-state index in [-0.39, 0.29) is 30.5 Å². The lowest BCUT2D eigenvalue weighted by Gasteiger charge is -2.15. The first kappa shape index (κ1) is 9.95. The summed E-state index contributed by atoms with van der Waals surface area (Å²) in [4.78, 5) is 0. The van der Waals surface area contributed by atoms with Crippen LogP contribution in [0.1, 0.15) is 12.8 Å². The molecule has 1 fully saturated rings.